The summed E-state index contributed by atoms with van der Waals surface area (Å²) in [6, 6.07) is 4.98. The quantitative estimate of drug-likeness (QED) is 0.848. The zero-order chi connectivity index (χ0) is 15.5. The van der Waals surface area contributed by atoms with Crippen molar-refractivity contribution in [2.45, 2.75) is 39.0 Å². The Balaban J connectivity index is 2.12. The highest BCUT2D eigenvalue weighted by molar-refractivity contribution is 5.38. The normalized spacial score (nSPS) is 21.7. The number of morpholine rings is 1. The summed E-state index contributed by atoms with van der Waals surface area (Å²) >= 11 is 0. The lowest BCUT2D eigenvalue weighted by Gasteiger charge is -2.41. The van der Waals surface area contributed by atoms with Gasteiger partial charge >= 0.3 is 0 Å². The largest absolute Gasteiger partial charge is 0.384 e. The number of hydrogen-bond donors (Lipinski definition) is 1. The lowest BCUT2D eigenvalue weighted by atomic mass is 10.0. The van der Waals surface area contributed by atoms with E-state index in [1.165, 1.54) is 6.07 Å². The van der Waals surface area contributed by atoms with Crippen LogP contribution in [0.4, 0.5) is 4.39 Å². The Labute approximate surface area is 125 Å². The maximum atomic E-state index is 13.6. The molecule has 0 amide bonds. The van der Waals surface area contributed by atoms with E-state index in [1.807, 2.05) is 0 Å². The average molecular weight is 291 g/mol. The minimum atomic E-state index is -0.352. The van der Waals surface area contributed by atoms with Gasteiger partial charge in [-0.05, 0) is 38.5 Å². The summed E-state index contributed by atoms with van der Waals surface area (Å²) in [7, 11) is 0. The first-order valence-electron chi connectivity index (χ1n) is 7.18. The van der Waals surface area contributed by atoms with E-state index in [0.717, 1.165) is 25.2 Å². The molecule has 1 fully saturated rings. The van der Waals surface area contributed by atoms with Crippen molar-refractivity contribution in [3.63, 3.8) is 0 Å². The third-order valence-electron chi connectivity index (χ3n) is 3.38. The van der Waals surface area contributed by atoms with E-state index in [9.17, 15) is 4.39 Å². The molecule has 1 N–H and O–H groups in total. The van der Waals surface area contributed by atoms with Gasteiger partial charge in [-0.25, -0.2) is 4.39 Å². The van der Waals surface area contributed by atoms with Gasteiger partial charge < -0.3 is 9.84 Å². The molecule has 1 atom stereocenters. The summed E-state index contributed by atoms with van der Waals surface area (Å²) in [4.78, 5) is 2.31. The van der Waals surface area contributed by atoms with E-state index >= 15 is 0 Å². The zero-order valence-electron chi connectivity index (χ0n) is 12.8. The van der Waals surface area contributed by atoms with Crippen LogP contribution in [0, 0.1) is 17.7 Å². The first-order chi connectivity index (χ1) is 9.89. The van der Waals surface area contributed by atoms with Crippen LogP contribution in [-0.2, 0) is 11.3 Å². The van der Waals surface area contributed by atoms with Gasteiger partial charge in [-0.1, -0.05) is 17.9 Å². The topological polar surface area (TPSA) is 32.7 Å². The van der Waals surface area contributed by atoms with Crippen LogP contribution >= 0.6 is 0 Å². The number of aliphatic hydroxyl groups excluding tert-OH is 1. The average Bonchev–Trinajstić information content (AvgIpc) is 2.37. The van der Waals surface area contributed by atoms with Crippen LogP contribution in [-0.4, -0.2) is 41.4 Å². The molecular formula is C17H22FNO2. The van der Waals surface area contributed by atoms with Crippen LogP contribution in [0.2, 0.25) is 0 Å². The summed E-state index contributed by atoms with van der Waals surface area (Å²) in [5, 5.41) is 8.72. The Morgan fingerprint density at radius 1 is 1.48 bits per heavy atom. The number of aliphatic hydroxyl groups is 1. The SMILES string of the molecule is CC1CN(Cc2ccc(F)c(C#CCO)c2)CC(C)(C)O1. The van der Waals surface area contributed by atoms with Crippen molar-refractivity contribution in [3.05, 3.63) is 35.1 Å². The van der Waals surface area contributed by atoms with E-state index in [1.54, 1.807) is 12.1 Å². The van der Waals surface area contributed by atoms with Crippen LogP contribution in [0.5, 0.6) is 0 Å². The summed E-state index contributed by atoms with van der Waals surface area (Å²) < 4.78 is 19.5. The van der Waals surface area contributed by atoms with Crippen molar-refractivity contribution in [1.29, 1.82) is 0 Å². The van der Waals surface area contributed by atoms with Gasteiger partial charge in [-0.3, -0.25) is 4.90 Å². The van der Waals surface area contributed by atoms with E-state index in [0.29, 0.717) is 5.56 Å². The third-order valence-corrected chi connectivity index (χ3v) is 3.38. The maximum absolute atomic E-state index is 13.6. The number of benzene rings is 1. The lowest BCUT2D eigenvalue weighted by Crippen LogP contribution is -2.51. The van der Waals surface area contributed by atoms with Crippen molar-refractivity contribution in [1.82, 2.24) is 4.90 Å². The molecule has 0 bridgehead atoms. The Hall–Kier alpha value is -1.41. The van der Waals surface area contributed by atoms with E-state index in [-0.39, 0.29) is 24.1 Å². The summed E-state index contributed by atoms with van der Waals surface area (Å²) in [6.45, 7) is 8.41. The number of ether oxygens (including phenoxy) is 1. The minimum absolute atomic E-state index is 0.169. The third kappa shape index (κ3) is 4.53. The number of halogens is 1. The van der Waals surface area contributed by atoms with Gasteiger partial charge in [0.15, 0.2) is 0 Å². The van der Waals surface area contributed by atoms with Gasteiger partial charge in [0.2, 0.25) is 0 Å². The predicted octanol–water partition coefficient (Wildman–Crippen LogP) is 2.17. The highest BCUT2D eigenvalue weighted by Gasteiger charge is 2.31. The van der Waals surface area contributed by atoms with Gasteiger partial charge in [-0.15, -0.1) is 0 Å². The number of nitrogens with zero attached hydrogens (tertiary/aromatic N) is 1. The fraction of sp³-hybridized carbons (Fsp3) is 0.529. The number of rotatable bonds is 2. The smallest absolute Gasteiger partial charge is 0.138 e. The standard InChI is InChI=1S/C17H22FNO2/c1-13-10-19(12-17(2,3)21-13)11-14-6-7-16(18)15(9-14)5-4-8-20/h6-7,9,13,20H,8,10-12H2,1-3H3. The molecule has 1 aliphatic rings. The van der Waals surface area contributed by atoms with Crippen molar-refractivity contribution < 1.29 is 14.2 Å². The molecule has 1 aromatic carbocycles. The molecule has 3 nitrogen and oxygen atoms in total. The van der Waals surface area contributed by atoms with Crippen LogP contribution in [0.15, 0.2) is 18.2 Å². The van der Waals surface area contributed by atoms with Gasteiger partial charge in [0.05, 0.1) is 17.3 Å². The van der Waals surface area contributed by atoms with Crippen molar-refractivity contribution in [3.8, 4) is 11.8 Å². The molecule has 114 valence electrons. The van der Waals surface area contributed by atoms with E-state index in [2.05, 4.69) is 37.5 Å². The molecule has 0 saturated carbocycles. The van der Waals surface area contributed by atoms with Crippen LogP contribution < -0.4 is 0 Å². The molecule has 4 heteroatoms. The second-order valence-electron chi connectivity index (χ2n) is 6.13. The Morgan fingerprint density at radius 2 is 2.24 bits per heavy atom. The Kier molecular flexibility index (Phi) is 5.00. The molecule has 2 rings (SSSR count). The highest BCUT2D eigenvalue weighted by atomic mass is 19.1. The fourth-order valence-corrected chi connectivity index (χ4v) is 2.87. The van der Waals surface area contributed by atoms with Gasteiger partial charge in [-0.2, -0.15) is 0 Å². The molecule has 21 heavy (non-hydrogen) atoms. The molecule has 0 aromatic heterocycles. The predicted molar refractivity (Wildman–Crippen MR) is 80.3 cm³/mol. The first kappa shape index (κ1) is 16.0. The molecule has 0 spiro atoms. The first-order valence-corrected chi connectivity index (χ1v) is 7.18. The van der Waals surface area contributed by atoms with Crippen molar-refractivity contribution >= 4 is 0 Å². The van der Waals surface area contributed by atoms with Crippen molar-refractivity contribution in [2.75, 3.05) is 19.7 Å². The van der Waals surface area contributed by atoms with Gasteiger partial charge in [0.1, 0.15) is 12.4 Å². The highest BCUT2D eigenvalue weighted by Crippen LogP contribution is 2.22. The molecule has 1 heterocycles. The summed E-state index contributed by atoms with van der Waals surface area (Å²) in [5.41, 5.74) is 1.18. The summed E-state index contributed by atoms with van der Waals surface area (Å²) in [5.74, 6) is 4.78. The monoisotopic (exact) mass is 291 g/mol. The second kappa shape index (κ2) is 6.57. The number of hydrogen-bond acceptors (Lipinski definition) is 3. The second-order valence-corrected chi connectivity index (χ2v) is 6.13. The molecule has 1 unspecified atom stereocenters. The van der Waals surface area contributed by atoms with Gasteiger partial charge in [0.25, 0.3) is 0 Å². The summed E-state index contributed by atoms with van der Waals surface area (Å²) in [6.07, 6.45) is 0.183. The van der Waals surface area contributed by atoms with E-state index < -0.39 is 0 Å². The maximum Gasteiger partial charge on any atom is 0.138 e. The lowest BCUT2D eigenvalue weighted by molar-refractivity contribution is -0.130. The molecule has 0 aliphatic carbocycles. The van der Waals surface area contributed by atoms with Crippen LogP contribution in [0.25, 0.3) is 0 Å². The van der Waals surface area contributed by atoms with Crippen molar-refractivity contribution in [2.24, 2.45) is 0 Å². The van der Waals surface area contributed by atoms with Crippen LogP contribution in [0.1, 0.15) is 31.9 Å². The zero-order valence-corrected chi connectivity index (χ0v) is 12.8. The molecular weight excluding hydrogens is 269 g/mol. The molecule has 1 aliphatic heterocycles. The Morgan fingerprint density at radius 3 is 2.90 bits per heavy atom. The fourth-order valence-electron chi connectivity index (χ4n) is 2.87. The molecule has 1 saturated heterocycles. The Bertz CT molecular complexity index is 560. The van der Waals surface area contributed by atoms with E-state index in [4.69, 9.17) is 9.84 Å². The van der Waals surface area contributed by atoms with Gasteiger partial charge in [0, 0.05) is 19.6 Å². The van der Waals surface area contributed by atoms with Crippen LogP contribution in [0.3, 0.4) is 0 Å². The minimum Gasteiger partial charge on any atom is -0.384 e. The molecule has 1 aromatic rings. The molecule has 0 radical (unpaired) electrons.